The highest BCUT2D eigenvalue weighted by Crippen LogP contribution is 2.65. The molecule has 0 bridgehead atoms. The van der Waals surface area contributed by atoms with E-state index in [4.69, 9.17) is 23.4 Å². The van der Waals surface area contributed by atoms with Crippen LogP contribution >= 0.6 is 0 Å². The molecule has 10 unspecified atom stereocenters. The highest BCUT2D eigenvalue weighted by Gasteiger charge is 2.64. The van der Waals surface area contributed by atoms with Gasteiger partial charge in [0.1, 0.15) is 24.9 Å². The summed E-state index contributed by atoms with van der Waals surface area (Å²) in [5.41, 5.74) is 0.0470. The smallest absolute Gasteiger partial charge is 0.334 e. The minimum absolute atomic E-state index is 0.0258. The van der Waals surface area contributed by atoms with E-state index >= 15 is 0 Å². The third kappa shape index (κ3) is 4.63. The van der Waals surface area contributed by atoms with Gasteiger partial charge in [-0.3, -0.25) is 9.59 Å². The number of rotatable bonds is 7. The molecule has 214 valence electrons. The van der Waals surface area contributed by atoms with Gasteiger partial charge in [0.15, 0.2) is 18.2 Å². The second kappa shape index (κ2) is 10.4. The van der Waals surface area contributed by atoms with Crippen LogP contribution in [0.2, 0.25) is 0 Å². The molecule has 5 rings (SSSR count). The van der Waals surface area contributed by atoms with E-state index in [0.717, 1.165) is 6.42 Å². The summed E-state index contributed by atoms with van der Waals surface area (Å²) in [5.74, 6) is -1.94. The van der Waals surface area contributed by atoms with E-state index in [-0.39, 0.29) is 24.4 Å². The average molecular weight is 549 g/mol. The number of hydrogen-bond acceptors (Lipinski definition) is 11. The fourth-order valence-electron chi connectivity index (χ4n) is 7.36. The summed E-state index contributed by atoms with van der Waals surface area (Å²) in [5, 5.41) is 30.3. The van der Waals surface area contributed by atoms with Gasteiger partial charge in [0.05, 0.1) is 25.2 Å². The van der Waals surface area contributed by atoms with Crippen LogP contribution in [0.15, 0.2) is 34.7 Å². The van der Waals surface area contributed by atoms with Crippen molar-refractivity contribution in [1.82, 2.24) is 0 Å². The van der Waals surface area contributed by atoms with Gasteiger partial charge in [-0.25, -0.2) is 4.79 Å². The van der Waals surface area contributed by atoms with Gasteiger partial charge in [0.2, 0.25) is 0 Å². The monoisotopic (exact) mass is 548 g/mol. The van der Waals surface area contributed by atoms with E-state index in [0.29, 0.717) is 30.4 Å². The van der Waals surface area contributed by atoms with Gasteiger partial charge < -0.3 is 38.7 Å². The van der Waals surface area contributed by atoms with Crippen molar-refractivity contribution in [3.8, 4) is 0 Å². The number of hydrogen-bond donors (Lipinski definition) is 3. The standard InChI is InChI=1S/C28H36O11/c1-14-18(38-26-24(33)23(32)22(31)20(11-29)39-26)10-28-13-36-25(34)17(28)5-4-6-21(28)27(14,3)9-19(37-15(2)30)16-7-8-35-12-16/h5,7-8,12,14,18-22,24,26,29,31,33H,4,6,9-11,13H2,1-3H3. The number of allylic oxidation sites excluding steroid dienone is 1. The molecule has 1 saturated carbocycles. The molecule has 3 fully saturated rings. The second-order valence-corrected chi connectivity index (χ2v) is 11.5. The van der Waals surface area contributed by atoms with E-state index in [9.17, 15) is 29.7 Å². The molecular formula is C28H36O11. The first-order valence-corrected chi connectivity index (χ1v) is 13.4. The van der Waals surface area contributed by atoms with Crippen LogP contribution in [0, 0.1) is 22.7 Å². The van der Waals surface area contributed by atoms with Crippen molar-refractivity contribution < 1.29 is 53.1 Å². The Morgan fingerprint density at radius 1 is 1.26 bits per heavy atom. The Kier molecular flexibility index (Phi) is 7.49. The molecule has 39 heavy (non-hydrogen) atoms. The normalized spacial score (nSPS) is 40.8. The topological polar surface area (TPSA) is 162 Å². The molecule has 10 atom stereocenters. The Morgan fingerprint density at radius 2 is 2.03 bits per heavy atom. The Morgan fingerprint density at radius 3 is 2.69 bits per heavy atom. The van der Waals surface area contributed by atoms with Crippen LogP contribution in [-0.2, 0) is 33.3 Å². The van der Waals surface area contributed by atoms with Crippen LogP contribution < -0.4 is 0 Å². The molecule has 11 heteroatoms. The molecule has 11 nitrogen and oxygen atoms in total. The van der Waals surface area contributed by atoms with Gasteiger partial charge in [-0.05, 0) is 49.0 Å². The lowest BCUT2D eigenvalue weighted by molar-refractivity contribution is -0.289. The average Bonchev–Trinajstić information content (AvgIpc) is 3.55. The van der Waals surface area contributed by atoms with Crippen molar-refractivity contribution >= 4 is 17.7 Å². The summed E-state index contributed by atoms with van der Waals surface area (Å²) in [7, 11) is 0. The third-order valence-electron chi connectivity index (χ3n) is 9.49. The van der Waals surface area contributed by atoms with Crippen LogP contribution in [0.1, 0.15) is 58.1 Å². The molecule has 0 amide bonds. The number of carbonyl (C=O) groups excluding carboxylic acids is 3. The van der Waals surface area contributed by atoms with Crippen LogP contribution in [0.4, 0.5) is 0 Å². The summed E-state index contributed by atoms with van der Waals surface area (Å²) >= 11 is 0. The van der Waals surface area contributed by atoms with Crippen molar-refractivity contribution in [2.45, 2.75) is 83.3 Å². The minimum atomic E-state index is -1.75. The zero-order valence-corrected chi connectivity index (χ0v) is 22.3. The highest BCUT2D eigenvalue weighted by molar-refractivity contribution is 5.92. The maximum atomic E-state index is 12.8. The van der Waals surface area contributed by atoms with E-state index in [1.54, 1.807) is 12.3 Å². The molecule has 3 heterocycles. The molecular weight excluding hydrogens is 512 g/mol. The van der Waals surface area contributed by atoms with Gasteiger partial charge in [-0.15, -0.1) is 0 Å². The Bertz CT molecular complexity index is 1130. The van der Waals surface area contributed by atoms with Gasteiger partial charge >= 0.3 is 11.9 Å². The zero-order chi connectivity index (χ0) is 28.1. The predicted octanol–water partition coefficient (Wildman–Crippen LogP) is 1.59. The summed E-state index contributed by atoms with van der Waals surface area (Å²) in [6.07, 6.45) is -0.0862. The summed E-state index contributed by atoms with van der Waals surface area (Å²) in [6, 6.07) is 1.75. The molecule has 0 aromatic carbocycles. The Hall–Kier alpha value is -2.57. The number of furan rings is 1. The molecule has 1 aromatic heterocycles. The number of ether oxygens (including phenoxy) is 4. The van der Waals surface area contributed by atoms with Crippen LogP contribution in [0.5, 0.6) is 0 Å². The predicted molar refractivity (Wildman–Crippen MR) is 132 cm³/mol. The SMILES string of the molecule is CC(=O)OC(CC1(C)C(C)C(OC2OC(CO)C(O)C(=O)C2O)CC23COC(=O)C2=CCCC31)c1ccoc1. The van der Waals surface area contributed by atoms with Gasteiger partial charge in [0, 0.05) is 23.5 Å². The Balaban J connectivity index is 1.52. The van der Waals surface area contributed by atoms with Gasteiger partial charge in [-0.2, -0.15) is 0 Å². The van der Waals surface area contributed by atoms with E-state index < -0.39 is 66.0 Å². The number of ketones is 1. The van der Waals surface area contributed by atoms with Crippen molar-refractivity contribution in [3.05, 3.63) is 35.8 Å². The van der Waals surface area contributed by atoms with E-state index in [1.807, 2.05) is 13.0 Å². The first-order valence-electron chi connectivity index (χ1n) is 13.4. The van der Waals surface area contributed by atoms with Gasteiger partial charge in [0.25, 0.3) is 0 Å². The van der Waals surface area contributed by atoms with E-state index in [2.05, 4.69) is 6.92 Å². The fraction of sp³-hybridized carbons (Fsp3) is 0.679. The molecule has 0 radical (unpaired) electrons. The molecule has 2 aliphatic carbocycles. The molecule has 1 aromatic rings. The van der Waals surface area contributed by atoms with Crippen molar-refractivity contribution in [1.29, 1.82) is 0 Å². The second-order valence-electron chi connectivity index (χ2n) is 11.5. The summed E-state index contributed by atoms with van der Waals surface area (Å²) < 4.78 is 28.6. The maximum absolute atomic E-state index is 12.8. The number of cyclic esters (lactones) is 1. The largest absolute Gasteiger partial charge is 0.472 e. The lowest BCUT2D eigenvalue weighted by Crippen LogP contribution is -2.61. The van der Waals surface area contributed by atoms with Crippen LogP contribution in [0.3, 0.4) is 0 Å². The number of esters is 2. The lowest BCUT2D eigenvalue weighted by atomic mass is 9.46. The van der Waals surface area contributed by atoms with Crippen molar-refractivity contribution in [2.24, 2.45) is 22.7 Å². The fourth-order valence-corrected chi connectivity index (χ4v) is 7.36. The Labute approximate surface area is 226 Å². The number of aliphatic hydroxyl groups is 3. The first-order chi connectivity index (χ1) is 18.5. The third-order valence-corrected chi connectivity index (χ3v) is 9.49. The molecule has 1 spiro atoms. The van der Waals surface area contributed by atoms with Crippen molar-refractivity contribution in [3.63, 3.8) is 0 Å². The molecule has 4 aliphatic rings. The van der Waals surface area contributed by atoms with Crippen LogP contribution in [-0.4, -0.2) is 77.0 Å². The number of aliphatic hydroxyl groups excluding tert-OH is 3. The minimum Gasteiger partial charge on any atom is -0.472 e. The first kappa shape index (κ1) is 28.0. The summed E-state index contributed by atoms with van der Waals surface area (Å²) in [4.78, 5) is 37.4. The molecule has 2 saturated heterocycles. The lowest BCUT2D eigenvalue weighted by Gasteiger charge is -2.59. The van der Waals surface area contributed by atoms with Crippen molar-refractivity contribution in [2.75, 3.05) is 13.2 Å². The van der Waals surface area contributed by atoms with Gasteiger partial charge in [-0.1, -0.05) is 19.9 Å². The highest BCUT2D eigenvalue weighted by atomic mass is 16.7. The number of carbonyl (C=O) groups is 3. The zero-order valence-electron chi connectivity index (χ0n) is 22.3. The maximum Gasteiger partial charge on any atom is 0.334 e. The molecule has 3 N–H and O–H groups in total. The number of Topliss-reactive ketones (excluding diaryl/α,β-unsaturated/α-hetero) is 1. The molecule has 2 aliphatic heterocycles. The van der Waals surface area contributed by atoms with E-state index in [1.165, 1.54) is 13.2 Å². The van der Waals surface area contributed by atoms with Crippen LogP contribution in [0.25, 0.3) is 0 Å². The quantitative estimate of drug-likeness (QED) is 0.424. The summed E-state index contributed by atoms with van der Waals surface area (Å²) in [6.45, 7) is 4.98.